The summed E-state index contributed by atoms with van der Waals surface area (Å²) in [5.74, 6) is -1.31. The van der Waals surface area contributed by atoms with Gasteiger partial charge in [-0.3, -0.25) is 15.1 Å². The van der Waals surface area contributed by atoms with Crippen LogP contribution in [0.2, 0.25) is 5.15 Å². The van der Waals surface area contributed by atoms with Crippen molar-refractivity contribution in [1.29, 1.82) is 0 Å². The number of pyridine rings is 2. The topological polar surface area (TPSA) is 127 Å². The fourth-order valence-electron chi connectivity index (χ4n) is 2.28. The third-order valence-electron chi connectivity index (χ3n) is 3.46. The first-order valence-electron chi connectivity index (χ1n) is 7.43. The molecule has 1 amide bonds. The summed E-state index contributed by atoms with van der Waals surface area (Å²) in [7, 11) is 1.48. The Bertz CT molecular complexity index is 1040. The highest BCUT2D eigenvalue weighted by molar-refractivity contribution is 7.17. The monoisotopic (exact) mass is 405 g/mol. The highest BCUT2D eigenvalue weighted by Gasteiger charge is 2.20. The molecule has 0 bridgehead atoms. The molecule has 0 atom stereocenters. The van der Waals surface area contributed by atoms with Crippen LogP contribution in [-0.2, 0) is 0 Å². The van der Waals surface area contributed by atoms with E-state index >= 15 is 0 Å². The number of ether oxygens (including phenoxy) is 1. The average molecular weight is 406 g/mol. The van der Waals surface area contributed by atoms with Gasteiger partial charge in [0.1, 0.15) is 10.9 Å². The molecule has 2 N–H and O–H groups in total. The number of amides is 1. The summed E-state index contributed by atoms with van der Waals surface area (Å²) in [6, 6.07) is 3.30. The van der Waals surface area contributed by atoms with E-state index in [-0.39, 0.29) is 20.9 Å². The molecule has 3 rings (SSSR count). The summed E-state index contributed by atoms with van der Waals surface area (Å²) in [4.78, 5) is 31.8. The normalized spacial score (nSPS) is 10.5. The molecule has 11 heteroatoms. The lowest BCUT2D eigenvalue weighted by Crippen LogP contribution is -2.14. The largest absolute Gasteiger partial charge is 0.494 e. The number of carbonyl (C=O) groups excluding carboxylic acids is 1. The van der Waals surface area contributed by atoms with Crippen molar-refractivity contribution in [3.63, 3.8) is 0 Å². The molecule has 3 heterocycles. The van der Waals surface area contributed by atoms with Gasteiger partial charge in [0.15, 0.2) is 0 Å². The standard InChI is InChI=1S/C16H12ClN5O4S/c1-7-3-8(9-4-12(17)19-6-11(9)26-2)10(5-18-7)13(23)20-16-22-21-14(27-16)15(24)25/h3-6H,1-2H3,(H,24,25)(H,20,22,23). The van der Waals surface area contributed by atoms with Crippen LogP contribution in [0.15, 0.2) is 24.5 Å². The summed E-state index contributed by atoms with van der Waals surface area (Å²) in [5.41, 5.74) is 2.01. The van der Waals surface area contributed by atoms with Crippen molar-refractivity contribution >= 4 is 39.9 Å². The van der Waals surface area contributed by atoms with E-state index in [4.69, 9.17) is 21.4 Å². The van der Waals surface area contributed by atoms with Gasteiger partial charge in [-0.2, -0.15) is 0 Å². The predicted octanol–water partition coefficient (Wildman–Crippen LogP) is 2.92. The second-order valence-electron chi connectivity index (χ2n) is 5.25. The number of nitrogens with one attached hydrogen (secondary N) is 1. The fraction of sp³-hybridized carbons (Fsp3) is 0.125. The van der Waals surface area contributed by atoms with E-state index in [0.29, 0.717) is 22.6 Å². The van der Waals surface area contributed by atoms with Crippen LogP contribution in [0.4, 0.5) is 5.13 Å². The zero-order valence-electron chi connectivity index (χ0n) is 14.1. The molecule has 0 spiro atoms. The molecule has 0 radical (unpaired) electrons. The number of carboxylic acid groups (broad SMARTS) is 1. The maximum absolute atomic E-state index is 12.7. The van der Waals surface area contributed by atoms with Crippen LogP contribution >= 0.6 is 22.9 Å². The van der Waals surface area contributed by atoms with E-state index in [2.05, 4.69) is 25.5 Å². The van der Waals surface area contributed by atoms with Crippen molar-refractivity contribution in [2.75, 3.05) is 12.4 Å². The first-order chi connectivity index (χ1) is 12.9. The number of methoxy groups -OCH3 is 1. The number of halogens is 1. The van der Waals surface area contributed by atoms with Crippen LogP contribution in [0.5, 0.6) is 5.75 Å². The van der Waals surface area contributed by atoms with E-state index in [1.54, 1.807) is 19.1 Å². The summed E-state index contributed by atoms with van der Waals surface area (Å²) >= 11 is 6.75. The molecule has 0 unspecified atom stereocenters. The molecule has 0 saturated heterocycles. The Morgan fingerprint density at radius 3 is 2.63 bits per heavy atom. The molecule has 3 aromatic rings. The number of carboxylic acids is 1. The van der Waals surface area contributed by atoms with Gasteiger partial charge in [0, 0.05) is 23.0 Å². The first kappa shape index (κ1) is 18.7. The molecular formula is C16H12ClN5O4S. The number of hydrogen-bond acceptors (Lipinski definition) is 8. The number of carbonyl (C=O) groups is 2. The molecular weight excluding hydrogens is 394 g/mol. The Morgan fingerprint density at radius 2 is 1.96 bits per heavy atom. The minimum atomic E-state index is -1.22. The Kier molecular flexibility index (Phi) is 5.28. The Morgan fingerprint density at radius 1 is 1.19 bits per heavy atom. The van der Waals surface area contributed by atoms with Gasteiger partial charge in [-0.15, -0.1) is 10.2 Å². The minimum Gasteiger partial charge on any atom is -0.494 e. The average Bonchev–Trinajstić information content (AvgIpc) is 3.10. The zero-order chi connectivity index (χ0) is 19.6. The van der Waals surface area contributed by atoms with Gasteiger partial charge in [-0.1, -0.05) is 22.9 Å². The fourth-order valence-corrected chi connectivity index (χ4v) is 3.01. The zero-order valence-corrected chi connectivity index (χ0v) is 15.6. The molecule has 0 saturated carbocycles. The van der Waals surface area contributed by atoms with Gasteiger partial charge in [0.05, 0.1) is 18.9 Å². The number of hydrogen-bond donors (Lipinski definition) is 2. The summed E-state index contributed by atoms with van der Waals surface area (Å²) in [6.07, 6.45) is 2.87. The molecule has 0 aliphatic heterocycles. The highest BCUT2D eigenvalue weighted by atomic mass is 35.5. The summed E-state index contributed by atoms with van der Waals surface area (Å²) < 4.78 is 5.32. The lowest BCUT2D eigenvalue weighted by atomic mass is 10.0. The lowest BCUT2D eigenvalue weighted by molar-refractivity contribution is 0.0695. The van der Waals surface area contributed by atoms with Crippen molar-refractivity contribution < 1.29 is 19.4 Å². The van der Waals surface area contributed by atoms with Gasteiger partial charge >= 0.3 is 5.97 Å². The maximum atomic E-state index is 12.7. The molecule has 0 aliphatic carbocycles. The van der Waals surface area contributed by atoms with E-state index in [1.165, 1.54) is 19.5 Å². The van der Waals surface area contributed by atoms with Gasteiger partial charge in [0.25, 0.3) is 5.91 Å². The number of aromatic nitrogens is 4. The third kappa shape index (κ3) is 4.01. The minimum absolute atomic E-state index is 0.0589. The molecule has 0 aliphatic rings. The van der Waals surface area contributed by atoms with E-state index in [9.17, 15) is 9.59 Å². The van der Waals surface area contributed by atoms with Crippen LogP contribution in [0.3, 0.4) is 0 Å². The van der Waals surface area contributed by atoms with Crippen molar-refractivity contribution in [1.82, 2.24) is 20.2 Å². The van der Waals surface area contributed by atoms with Gasteiger partial charge < -0.3 is 9.84 Å². The number of nitrogens with zero attached hydrogens (tertiary/aromatic N) is 4. The second kappa shape index (κ2) is 7.64. The quantitative estimate of drug-likeness (QED) is 0.620. The molecule has 3 aromatic heterocycles. The van der Waals surface area contributed by atoms with Crippen molar-refractivity contribution in [2.24, 2.45) is 0 Å². The maximum Gasteiger partial charge on any atom is 0.367 e. The SMILES string of the molecule is COc1cnc(Cl)cc1-c1cc(C)ncc1C(=O)Nc1nnc(C(=O)O)s1. The summed E-state index contributed by atoms with van der Waals surface area (Å²) in [6.45, 7) is 1.78. The van der Waals surface area contributed by atoms with E-state index in [1.807, 2.05) is 0 Å². The molecule has 138 valence electrons. The molecule has 27 heavy (non-hydrogen) atoms. The molecule has 0 fully saturated rings. The van der Waals surface area contributed by atoms with Crippen LogP contribution in [0.1, 0.15) is 25.9 Å². The van der Waals surface area contributed by atoms with Gasteiger partial charge in [-0.25, -0.2) is 9.78 Å². The lowest BCUT2D eigenvalue weighted by Gasteiger charge is -2.13. The van der Waals surface area contributed by atoms with Gasteiger partial charge in [-0.05, 0) is 19.1 Å². The highest BCUT2D eigenvalue weighted by Crippen LogP contribution is 2.34. The van der Waals surface area contributed by atoms with Crippen LogP contribution in [0.25, 0.3) is 11.1 Å². The van der Waals surface area contributed by atoms with E-state index in [0.717, 1.165) is 11.3 Å². The predicted molar refractivity (Wildman–Crippen MR) is 98.6 cm³/mol. The molecule has 9 nitrogen and oxygen atoms in total. The number of anilines is 1. The van der Waals surface area contributed by atoms with Crippen molar-refractivity contribution in [2.45, 2.75) is 6.92 Å². The Hall–Kier alpha value is -3.11. The molecule has 0 aromatic carbocycles. The van der Waals surface area contributed by atoms with E-state index < -0.39 is 11.9 Å². The summed E-state index contributed by atoms with van der Waals surface area (Å²) in [5, 5.41) is 18.6. The van der Waals surface area contributed by atoms with Crippen molar-refractivity contribution in [3.8, 4) is 16.9 Å². The third-order valence-corrected chi connectivity index (χ3v) is 4.49. The van der Waals surface area contributed by atoms with Crippen LogP contribution in [-0.4, -0.2) is 44.3 Å². The van der Waals surface area contributed by atoms with Crippen LogP contribution in [0, 0.1) is 6.92 Å². The van der Waals surface area contributed by atoms with Gasteiger partial charge in [0.2, 0.25) is 10.1 Å². The van der Waals surface area contributed by atoms with Crippen molar-refractivity contribution in [3.05, 3.63) is 45.9 Å². The van der Waals surface area contributed by atoms with Crippen LogP contribution < -0.4 is 10.1 Å². The Labute approximate surface area is 162 Å². The smallest absolute Gasteiger partial charge is 0.367 e. The number of aryl methyl sites for hydroxylation is 1. The number of aromatic carboxylic acids is 1. The first-order valence-corrected chi connectivity index (χ1v) is 8.63. The second-order valence-corrected chi connectivity index (χ2v) is 6.61. The number of rotatable bonds is 5. The Balaban J connectivity index is 2.02.